The number of carboxylic acids is 1. The summed E-state index contributed by atoms with van der Waals surface area (Å²) in [6.07, 6.45) is 0.591. The molecule has 4 nitrogen and oxygen atoms in total. The van der Waals surface area contributed by atoms with Crippen LogP contribution < -0.4 is 0 Å². The molecule has 0 atom stereocenters. The van der Waals surface area contributed by atoms with Crippen molar-refractivity contribution >= 4 is 17.6 Å². The lowest BCUT2D eigenvalue weighted by Crippen LogP contribution is -2.60. The highest BCUT2D eigenvalue weighted by Crippen LogP contribution is 2.52. The van der Waals surface area contributed by atoms with E-state index in [1.54, 1.807) is 24.3 Å². The second-order valence-corrected chi connectivity index (χ2v) is 5.00. The Balaban J connectivity index is 2.32. The van der Waals surface area contributed by atoms with Gasteiger partial charge >= 0.3 is 5.97 Å². The lowest BCUT2D eigenvalue weighted by Gasteiger charge is -2.51. The molecule has 0 saturated heterocycles. The molecule has 0 bridgehead atoms. The molecule has 18 heavy (non-hydrogen) atoms. The Morgan fingerprint density at radius 2 is 1.72 bits per heavy atom. The molecule has 5 heteroatoms. The molecule has 1 aliphatic rings. The van der Waals surface area contributed by atoms with Crippen LogP contribution in [0.3, 0.4) is 0 Å². The molecule has 1 aromatic carbocycles. The number of hydrogen-bond donors (Lipinski definition) is 1. The summed E-state index contributed by atoms with van der Waals surface area (Å²) < 4.78 is 10.5. The Bertz CT molecular complexity index is 443. The highest BCUT2D eigenvalue weighted by molar-refractivity contribution is 6.30. The summed E-state index contributed by atoms with van der Waals surface area (Å²) in [6.45, 7) is 0. The van der Waals surface area contributed by atoms with Crippen LogP contribution in [0.5, 0.6) is 0 Å². The smallest absolute Gasteiger partial charge is 0.314 e. The molecule has 1 aliphatic carbocycles. The molecular formula is C13H15ClO4. The van der Waals surface area contributed by atoms with Gasteiger partial charge in [-0.25, -0.2) is 0 Å². The predicted octanol–water partition coefficient (Wildman–Crippen LogP) is 2.45. The monoisotopic (exact) mass is 270 g/mol. The fraction of sp³-hybridized carbons (Fsp3) is 0.462. The third kappa shape index (κ3) is 1.90. The van der Waals surface area contributed by atoms with Gasteiger partial charge in [-0.2, -0.15) is 0 Å². The average molecular weight is 271 g/mol. The Kier molecular flexibility index (Phi) is 3.36. The minimum Gasteiger partial charge on any atom is -0.481 e. The van der Waals surface area contributed by atoms with Gasteiger partial charge in [0.15, 0.2) is 5.79 Å². The zero-order valence-corrected chi connectivity index (χ0v) is 11.0. The molecule has 0 unspecified atom stereocenters. The minimum atomic E-state index is -0.948. The summed E-state index contributed by atoms with van der Waals surface area (Å²) in [5.41, 5.74) is -0.222. The van der Waals surface area contributed by atoms with Gasteiger partial charge in [0.2, 0.25) is 0 Å². The number of methoxy groups -OCH3 is 2. The zero-order valence-electron chi connectivity index (χ0n) is 10.3. The Labute approximate surface area is 110 Å². The number of carbonyl (C=O) groups is 1. The first-order valence-corrected chi connectivity index (χ1v) is 5.96. The van der Waals surface area contributed by atoms with Crippen molar-refractivity contribution in [1.82, 2.24) is 0 Å². The summed E-state index contributed by atoms with van der Waals surface area (Å²) in [7, 11) is 3.05. The van der Waals surface area contributed by atoms with E-state index in [2.05, 4.69) is 0 Å². The molecule has 0 aliphatic heterocycles. The molecule has 1 fully saturated rings. The SMILES string of the molecule is COC1(OC)CC(C(=O)O)(c2ccc(Cl)cc2)C1. The van der Waals surface area contributed by atoms with Crippen molar-refractivity contribution in [3.8, 4) is 0 Å². The van der Waals surface area contributed by atoms with Gasteiger partial charge in [-0.3, -0.25) is 4.79 Å². The topological polar surface area (TPSA) is 55.8 Å². The van der Waals surface area contributed by atoms with Gasteiger partial charge in [-0.15, -0.1) is 0 Å². The highest BCUT2D eigenvalue weighted by Gasteiger charge is 2.61. The van der Waals surface area contributed by atoms with Crippen molar-refractivity contribution in [2.45, 2.75) is 24.0 Å². The van der Waals surface area contributed by atoms with Crippen molar-refractivity contribution in [1.29, 1.82) is 0 Å². The average Bonchev–Trinajstić information content (AvgIpc) is 2.31. The zero-order chi connectivity index (χ0) is 13.4. The quantitative estimate of drug-likeness (QED) is 0.854. The fourth-order valence-electron chi connectivity index (χ4n) is 2.49. The van der Waals surface area contributed by atoms with E-state index >= 15 is 0 Å². The van der Waals surface area contributed by atoms with Crippen LogP contribution in [0.25, 0.3) is 0 Å². The van der Waals surface area contributed by atoms with Crippen molar-refractivity contribution in [3.05, 3.63) is 34.9 Å². The van der Waals surface area contributed by atoms with Gasteiger partial charge in [0, 0.05) is 32.1 Å². The molecule has 98 valence electrons. The van der Waals surface area contributed by atoms with Crippen LogP contribution in [0.15, 0.2) is 24.3 Å². The second kappa shape index (κ2) is 4.53. The van der Waals surface area contributed by atoms with E-state index in [0.29, 0.717) is 17.9 Å². The summed E-state index contributed by atoms with van der Waals surface area (Å²) in [6, 6.07) is 6.87. The number of rotatable bonds is 4. The molecule has 0 spiro atoms. The van der Waals surface area contributed by atoms with Crippen LogP contribution in [0, 0.1) is 0 Å². The first-order valence-electron chi connectivity index (χ1n) is 5.58. The van der Waals surface area contributed by atoms with E-state index in [1.807, 2.05) is 0 Å². The maximum absolute atomic E-state index is 11.6. The van der Waals surface area contributed by atoms with Crippen LogP contribution in [0.1, 0.15) is 18.4 Å². The second-order valence-electron chi connectivity index (χ2n) is 4.57. The molecule has 0 heterocycles. The van der Waals surface area contributed by atoms with Crippen LogP contribution >= 0.6 is 11.6 Å². The first-order chi connectivity index (χ1) is 8.48. The minimum absolute atomic E-state index is 0.296. The van der Waals surface area contributed by atoms with E-state index in [1.165, 1.54) is 14.2 Å². The van der Waals surface area contributed by atoms with Gasteiger partial charge in [0.25, 0.3) is 0 Å². The largest absolute Gasteiger partial charge is 0.481 e. The molecule has 0 aromatic heterocycles. The normalized spacial score (nSPS) is 20.2. The standard InChI is InChI=1S/C13H15ClO4/c1-17-13(18-2)7-12(8-13,11(15)16)9-3-5-10(14)6-4-9/h3-6H,7-8H2,1-2H3,(H,15,16). The van der Waals surface area contributed by atoms with Crippen molar-refractivity contribution < 1.29 is 19.4 Å². The lowest BCUT2D eigenvalue weighted by atomic mass is 9.60. The van der Waals surface area contributed by atoms with Crippen molar-refractivity contribution in [2.75, 3.05) is 14.2 Å². The summed E-state index contributed by atoms with van der Waals surface area (Å²) >= 11 is 5.82. The summed E-state index contributed by atoms with van der Waals surface area (Å²) in [5.74, 6) is -1.66. The molecule has 0 amide bonds. The number of halogens is 1. The van der Waals surface area contributed by atoms with Gasteiger partial charge in [-0.1, -0.05) is 23.7 Å². The number of ether oxygens (including phenoxy) is 2. The maximum atomic E-state index is 11.6. The van der Waals surface area contributed by atoms with E-state index < -0.39 is 17.2 Å². The molecule has 2 rings (SSSR count). The van der Waals surface area contributed by atoms with Gasteiger partial charge in [-0.05, 0) is 17.7 Å². The van der Waals surface area contributed by atoms with Gasteiger partial charge < -0.3 is 14.6 Å². The predicted molar refractivity (Wildman–Crippen MR) is 66.7 cm³/mol. The molecule has 1 aromatic rings. The molecule has 1 saturated carbocycles. The summed E-state index contributed by atoms with van der Waals surface area (Å²) in [4.78, 5) is 11.6. The fourth-order valence-corrected chi connectivity index (χ4v) is 2.61. The number of carboxylic acid groups (broad SMARTS) is 1. The van der Waals surface area contributed by atoms with Crippen molar-refractivity contribution in [2.24, 2.45) is 0 Å². The Morgan fingerprint density at radius 1 is 1.22 bits per heavy atom. The Morgan fingerprint density at radius 3 is 2.11 bits per heavy atom. The van der Waals surface area contributed by atoms with E-state index in [0.717, 1.165) is 5.56 Å². The van der Waals surface area contributed by atoms with Crippen molar-refractivity contribution in [3.63, 3.8) is 0 Å². The van der Waals surface area contributed by atoms with E-state index in [9.17, 15) is 9.90 Å². The van der Waals surface area contributed by atoms with Crippen LogP contribution in [-0.2, 0) is 19.7 Å². The van der Waals surface area contributed by atoms with E-state index in [4.69, 9.17) is 21.1 Å². The number of benzene rings is 1. The molecule has 0 radical (unpaired) electrons. The first kappa shape index (κ1) is 13.3. The maximum Gasteiger partial charge on any atom is 0.314 e. The Hall–Kier alpha value is -1.10. The van der Waals surface area contributed by atoms with Crippen LogP contribution in [-0.4, -0.2) is 31.1 Å². The van der Waals surface area contributed by atoms with Crippen LogP contribution in [0.4, 0.5) is 0 Å². The highest BCUT2D eigenvalue weighted by atomic mass is 35.5. The van der Waals surface area contributed by atoms with Gasteiger partial charge in [0.1, 0.15) is 5.41 Å². The third-order valence-corrected chi connectivity index (χ3v) is 3.94. The number of aliphatic carboxylic acids is 1. The molecular weight excluding hydrogens is 256 g/mol. The van der Waals surface area contributed by atoms with E-state index in [-0.39, 0.29) is 0 Å². The lowest BCUT2D eigenvalue weighted by molar-refractivity contribution is -0.277. The van der Waals surface area contributed by atoms with Gasteiger partial charge in [0.05, 0.1) is 0 Å². The third-order valence-electron chi connectivity index (χ3n) is 3.69. The number of hydrogen-bond acceptors (Lipinski definition) is 3. The summed E-state index contributed by atoms with van der Waals surface area (Å²) in [5, 5.41) is 10.1. The molecule has 1 N–H and O–H groups in total. The van der Waals surface area contributed by atoms with Crippen LogP contribution in [0.2, 0.25) is 5.02 Å².